The van der Waals surface area contributed by atoms with Crippen LogP contribution in [0.3, 0.4) is 0 Å². The van der Waals surface area contributed by atoms with E-state index in [1.165, 1.54) is 0 Å². The van der Waals surface area contributed by atoms with Crippen molar-refractivity contribution in [2.75, 3.05) is 13.2 Å². The van der Waals surface area contributed by atoms with Gasteiger partial charge in [-0.2, -0.15) is 0 Å². The van der Waals surface area contributed by atoms with Crippen molar-refractivity contribution in [3.63, 3.8) is 0 Å². The minimum Gasteiger partial charge on any atom is -0.366 e. The fourth-order valence-electron chi connectivity index (χ4n) is 2.45. The molecule has 0 amide bonds. The van der Waals surface area contributed by atoms with Crippen LogP contribution in [0.2, 0.25) is 0 Å². The second-order valence-corrected chi connectivity index (χ2v) is 6.30. The van der Waals surface area contributed by atoms with E-state index in [2.05, 4.69) is 0 Å². The average molecular weight is 260 g/mol. The highest BCUT2D eigenvalue weighted by Gasteiger charge is 2.51. The van der Waals surface area contributed by atoms with Crippen molar-refractivity contribution in [2.24, 2.45) is 5.92 Å². The van der Waals surface area contributed by atoms with Gasteiger partial charge in [-0.15, -0.1) is 0 Å². The van der Waals surface area contributed by atoms with Crippen LogP contribution >= 0.6 is 0 Å². The Morgan fingerprint density at radius 2 is 1.94 bits per heavy atom. The second-order valence-electron chi connectivity index (χ2n) is 6.30. The molecule has 2 heterocycles. The Morgan fingerprint density at radius 3 is 2.44 bits per heavy atom. The zero-order chi connectivity index (χ0) is 13.6. The first-order valence-electron chi connectivity index (χ1n) is 6.49. The van der Waals surface area contributed by atoms with Crippen LogP contribution in [0.4, 0.5) is 0 Å². The zero-order valence-corrected chi connectivity index (χ0v) is 11.9. The summed E-state index contributed by atoms with van der Waals surface area (Å²) < 4.78 is 22.9. The summed E-state index contributed by atoms with van der Waals surface area (Å²) in [7, 11) is 0. The normalized spacial score (nSPS) is 40.3. The van der Waals surface area contributed by atoms with Crippen molar-refractivity contribution >= 4 is 0 Å². The van der Waals surface area contributed by atoms with Crippen LogP contribution < -0.4 is 0 Å². The van der Waals surface area contributed by atoms with E-state index in [0.717, 1.165) is 0 Å². The predicted octanol–water partition coefficient (Wildman–Crippen LogP) is 1.64. The minimum absolute atomic E-state index is 0.101. The van der Waals surface area contributed by atoms with Gasteiger partial charge in [0, 0.05) is 12.3 Å². The highest BCUT2D eigenvalue weighted by atomic mass is 16.8. The SMILES string of the molecule is C[C@@H]1CO[C@]2(COC(C)(C)O2)C[C@@H]1OC(C)(C)O. The predicted molar refractivity (Wildman–Crippen MR) is 64.8 cm³/mol. The molecule has 2 saturated heterocycles. The topological polar surface area (TPSA) is 57.2 Å². The van der Waals surface area contributed by atoms with Gasteiger partial charge in [0.1, 0.15) is 6.61 Å². The Labute approximate surface area is 108 Å². The van der Waals surface area contributed by atoms with E-state index in [4.69, 9.17) is 18.9 Å². The summed E-state index contributed by atoms with van der Waals surface area (Å²) in [5.41, 5.74) is 0. The Hall–Kier alpha value is -0.200. The lowest BCUT2D eigenvalue weighted by Gasteiger charge is -2.42. The second kappa shape index (κ2) is 4.42. The molecule has 0 saturated carbocycles. The molecule has 1 spiro atoms. The van der Waals surface area contributed by atoms with Crippen LogP contribution in [0, 0.1) is 5.92 Å². The molecule has 3 atom stereocenters. The third-order valence-electron chi connectivity index (χ3n) is 3.27. The minimum atomic E-state index is -1.15. The van der Waals surface area contributed by atoms with E-state index in [9.17, 15) is 5.11 Å². The van der Waals surface area contributed by atoms with E-state index in [1.807, 2.05) is 20.8 Å². The quantitative estimate of drug-likeness (QED) is 0.765. The van der Waals surface area contributed by atoms with E-state index in [1.54, 1.807) is 13.8 Å². The van der Waals surface area contributed by atoms with E-state index >= 15 is 0 Å². The first-order chi connectivity index (χ1) is 8.11. The molecule has 0 bridgehead atoms. The van der Waals surface area contributed by atoms with Crippen molar-refractivity contribution in [3.8, 4) is 0 Å². The van der Waals surface area contributed by atoms with Gasteiger partial charge in [0.15, 0.2) is 17.4 Å². The lowest BCUT2D eigenvalue weighted by molar-refractivity contribution is -0.313. The molecule has 0 aromatic carbocycles. The molecule has 0 unspecified atom stereocenters. The molecule has 0 aromatic rings. The van der Waals surface area contributed by atoms with E-state index in [-0.39, 0.29) is 12.0 Å². The standard InChI is InChI=1S/C13H24O5/c1-9-7-15-13(8-16-12(4,5)18-13)6-10(9)17-11(2,3)14/h9-10,14H,6-8H2,1-5H3/t9-,10+,13-/m1/s1. The molecular weight excluding hydrogens is 236 g/mol. The summed E-state index contributed by atoms with van der Waals surface area (Å²) in [5.74, 6) is -2.28. The van der Waals surface area contributed by atoms with Gasteiger partial charge in [0.05, 0.1) is 12.7 Å². The Balaban J connectivity index is 2.05. The van der Waals surface area contributed by atoms with Crippen molar-refractivity contribution in [1.29, 1.82) is 0 Å². The summed E-state index contributed by atoms with van der Waals surface area (Å²) >= 11 is 0. The van der Waals surface area contributed by atoms with Crippen LogP contribution in [-0.2, 0) is 18.9 Å². The number of hydrogen-bond acceptors (Lipinski definition) is 5. The molecule has 5 heteroatoms. The molecular formula is C13H24O5. The van der Waals surface area contributed by atoms with Crippen LogP contribution in [-0.4, -0.2) is 41.8 Å². The van der Waals surface area contributed by atoms with Crippen LogP contribution in [0.5, 0.6) is 0 Å². The third-order valence-corrected chi connectivity index (χ3v) is 3.27. The zero-order valence-electron chi connectivity index (χ0n) is 11.9. The van der Waals surface area contributed by atoms with E-state index in [0.29, 0.717) is 19.6 Å². The van der Waals surface area contributed by atoms with Gasteiger partial charge in [0.2, 0.25) is 0 Å². The maximum Gasteiger partial charge on any atom is 0.197 e. The molecule has 2 rings (SSSR count). The fraction of sp³-hybridized carbons (Fsp3) is 1.00. The smallest absolute Gasteiger partial charge is 0.197 e. The summed E-state index contributed by atoms with van der Waals surface area (Å²) in [5, 5.41) is 9.79. The molecule has 0 radical (unpaired) electrons. The molecule has 18 heavy (non-hydrogen) atoms. The number of ether oxygens (including phenoxy) is 4. The molecule has 5 nitrogen and oxygen atoms in total. The molecule has 106 valence electrons. The van der Waals surface area contributed by atoms with Crippen LogP contribution in [0.1, 0.15) is 41.0 Å². The molecule has 0 aliphatic carbocycles. The summed E-state index contributed by atoms with van der Waals surface area (Å²) in [6.45, 7) is 10.0. The largest absolute Gasteiger partial charge is 0.366 e. The van der Waals surface area contributed by atoms with Crippen LogP contribution in [0.25, 0.3) is 0 Å². The van der Waals surface area contributed by atoms with Crippen LogP contribution in [0.15, 0.2) is 0 Å². The molecule has 2 fully saturated rings. The number of rotatable bonds is 2. The summed E-state index contributed by atoms with van der Waals surface area (Å²) in [4.78, 5) is 0. The maximum absolute atomic E-state index is 9.79. The number of hydrogen-bond donors (Lipinski definition) is 1. The van der Waals surface area contributed by atoms with Gasteiger partial charge in [-0.3, -0.25) is 0 Å². The van der Waals surface area contributed by atoms with E-state index < -0.39 is 17.4 Å². The highest BCUT2D eigenvalue weighted by Crippen LogP contribution is 2.40. The van der Waals surface area contributed by atoms with Gasteiger partial charge in [-0.05, 0) is 27.7 Å². The fourth-order valence-corrected chi connectivity index (χ4v) is 2.45. The van der Waals surface area contributed by atoms with Gasteiger partial charge in [-0.1, -0.05) is 6.92 Å². The monoisotopic (exact) mass is 260 g/mol. The highest BCUT2D eigenvalue weighted by molar-refractivity contribution is 4.89. The number of aliphatic hydroxyl groups is 1. The molecule has 2 aliphatic rings. The van der Waals surface area contributed by atoms with Crippen molar-refractivity contribution in [3.05, 3.63) is 0 Å². The Morgan fingerprint density at radius 1 is 1.28 bits per heavy atom. The third kappa shape index (κ3) is 3.22. The van der Waals surface area contributed by atoms with Crippen molar-refractivity contribution in [2.45, 2.75) is 64.5 Å². The van der Waals surface area contributed by atoms with Gasteiger partial charge in [0.25, 0.3) is 0 Å². The first kappa shape index (κ1) is 14.2. The van der Waals surface area contributed by atoms with Gasteiger partial charge < -0.3 is 24.1 Å². The average Bonchev–Trinajstić information content (AvgIpc) is 2.47. The Bertz CT molecular complexity index is 309. The molecule has 1 N–H and O–H groups in total. The summed E-state index contributed by atoms with van der Waals surface area (Å²) in [6, 6.07) is 0. The van der Waals surface area contributed by atoms with Crippen molar-refractivity contribution < 1.29 is 24.1 Å². The maximum atomic E-state index is 9.79. The van der Waals surface area contributed by atoms with Gasteiger partial charge >= 0.3 is 0 Å². The van der Waals surface area contributed by atoms with Crippen molar-refractivity contribution in [1.82, 2.24) is 0 Å². The lowest BCUT2D eigenvalue weighted by Crippen LogP contribution is -2.51. The van der Waals surface area contributed by atoms with Gasteiger partial charge in [-0.25, -0.2) is 0 Å². The summed E-state index contributed by atoms with van der Waals surface area (Å²) in [6.07, 6.45) is 0.470. The Kier molecular flexibility index (Phi) is 3.49. The molecule has 0 aromatic heterocycles. The molecule has 2 aliphatic heterocycles. The first-order valence-corrected chi connectivity index (χ1v) is 6.49. The lowest BCUT2D eigenvalue weighted by atomic mass is 9.94.